The molecule has 1 heterocycles. The minimum atomic E-state index is -1.07. The highest BCUT2D eigenvalue weighted by Crippen LogP contribution is 2.35. The predicted octanol–water partition coefficient (Wildman–Crippen LogP) is 3.10. The van der Waals surface area contributed by atoms with E-state index >= 15 is 0 Å². The van der Waals surface area contributed by atoms with Gasteiger partial charge in [0.1, 0.15) is 11.8 Å². The highest BCUT2D eigenvalue weighted by Gasteiger charge is 2.41. The molecule has 0 radical (unpaired) electrons. The van der Waals surface area contributed by atoms with Gasteiger partial charge in [0, 0.05) is 10.7 Å². The molecule has 0 saturated carbocycles. The second-order valence-corrected chi connectivity index (χ2v) is 6.56. The minimum Gasteiger partial charge on any atom is -0.495 e. The van der Waals surface area contributed by atoms with Crippen molar-refractivity contribution in [3.63, 3.8) is 0 Å². The Hall–Kier alpha value is -3.06. The monoisotopic (exact) mass is 388 g/mol. The van der Waals surface area contributed by atoms with E-state index in [9.17, 15) is 14.4 Å². The second kappa shape index (κ2) is 7.28. The number of benzene rings is 2. The van der Waals surface area contributed by atoms with Crippen molar-refractivity contribution in [2.75, 3.05) is 17.3 Å². The zero-order chi connectivity index (χ0) is 19.7. The molecule has 0 bridgehead atoms. The number of nitrogens with one attached hydrogen (secondary N) is 1. The third kappa shape index (κ3) is 3.59. The first-order valence-corrected chi connectivity index (χ1v) is 8.50. The fraction of sp³-hybridized carbons (Fsp3) is 0.211. The first-order chi connectivity index (χ1) is 12.8. The number of nitrogens with zero attached hydrogens (tertiary/aromatic N) is 1. The van der Waals surface area contributed by atoms with Gasteiger partial charge in [0.25, 0.3) is 5.91 Å². The third-order valence-corrected chi connectivity index (χ3v) is 4.58. The number of imide groups is 1. The molecule has 1 saturated heterocycles. The average molecular weight is 389 g/mol. The average Bonchev–Trinajstić information content (AvgIpc) is 2.90. The maximum atomic E-state index is 12.9. The SMILES string of the molecule is COc1ccc(Cl)cc1N1C(=O)CC(Nc2cc(C(=O)O)ccc2C)C1=O. The van der Waals surface area contributed by atoms with Gasteiger partial charge in [0.15, 0.2) is 0 Å². The molecule has 0 aliphatic carbocycles. The summed E-state index contributed by atoms with van der Waals surface area (Å²) in [5.41, 5.74) is 1.62. The van der Waals surface area contributed by atoms with E-state index < -0.39 is 23.8 Å². The van der Waals surface area contributed by atoms with E-state index in [4.69, 9.17) is 21.4 Å². The van der Waals surface area contributed by atoms with Crippen molar-refractivity contribution in [3.05, 3.63) is 52.5 Å². The zero-order valence-electron chi connectivity index (χ0n) is 14.7. The number of carbonyl (C=O) groups excluding carboxylic acids is 2. The Kier molecular flexibility index (Phi) is 5.05. The topological polar surface area (TPSA) is 95.9 Å². The Morgan fingerprint density at radius 3 is 2.67 bits per heavy atom. The molecule has 140 valence electrons. The summed E-state index contributed by atoms with van der Waals surface area (Å²) < 4.78 is 5.23. The molecule has 2 aromatic rings. The molecule has 1 aliphatic rings. The highest BCUT2D eigenvalue weighted by atomic mass is 35.5. The smallest absolute Gasteiger partial charge is 0.335 e. The van der Waals surface area contributed by atoms with Crippen molar-refractivity contribution in [2.45, 2.75) is 19.4 Å². The summed E-state index contributed by atoms with van der Waals surface area (Å²) in [4.78, 5) is 37.6. The molecule has 7 nitrogen and oxygen atoms in total. The molecular formula is C19H17ClN2O5. The van der Waals surface area contributed by atoms with Crippen LogP contribution >= 0.6 is 11.6 Å². The summed E-state index contributed by atoms with van der Waals surface area (Å²) >= 11 is 6.01. The summed E-state index contributed by atoms with van der Waals surface area (Å²) in [5, 5.41) is 12.5. The van der Waals surface area contributed by atoms with Crippen LogP contribution < -0.4 is 15.0 Å². The van der Waals surface area contributed by atoms with Crippen molar-refractivity contribution < 1.29 is 24.2 Å². The molecule has 0 spiro atoms. The first kappa shape index (κ1) is 18.7. The minimum absolute atomic E-state index is 0.0642. The number of aromatic carboxylic acids is 1. The molecular weight excluding hydrogens is 372 g/mol. The van der Waals surface area contributed by atoms with Crippen LogP contribution in [0.3, 0.4) is 0 Å². The summed E-state index contributed by atoms with van der Waals surface area (Å²) in [5.74, 6) is -1.58. The summed E-state index contributed by atoms with van der Waals surface area (Å²) in [6, 6.07) is 8.43. The van der Waals surface area contributed by atoms with Gasteiger partial charge in [0.05, 0.1) is 24.8 Å². The number of aryl methyl sites for hydroxylation is 1. The Balaban J connectivity index is 1.91. The van der Waals surface area contributed by atoms with Gasteiger partial charge in [-0.2, -0.15) is 0 Å². The van der Waals surface area contributed by atoms with Crippen LogP contribution in [-0.2, 0) is 9.59 Å². The second-order valence-electron chi connectivity index (χ2n) is 6.12. The van der Waals surface area contributed by atoms with E-state index in [0.29, 0.717) is 16.5 Å². The summed E-state index contributed by atoms with van der Waals surface area (Å²) in [6.45, 7) is 1.78. The lowest BCUT2D eigenvalue weighted by molar-refractivity contribution is -0.121. The molecule has 3 rings (SSSR count). The number of carboxylic acids is 1. The van der Waals surface area contributed by atoms with Crippen molar-refractivity contribution in [3.8, 4) is 5.75 Å². The van der Waals surface area contributed by atoms with Gasteiger partial charge in [-0.25, -0.2) is 9.69 Å². The van der Waals surface area contributed by atoms with Gasteiger partial charge in [-0.3, -0.25) is 9.59 Å². The number of methoxy groups -OCH3 is 1. The van der Waals surface area contributed by atoms with Crippen LogP contribution in [0, 0.1) is 6.92 Å². The third-order valence-electron chi connectivity index (χ3n) is 4.34. The largest absolute Gasteiger partial charge is 0.495 e. The molecule has 2 aromatic carbocycles. The lowest BCUT2D eigenvalue weighted by atomic mass is 10.1. The number of carbonyl (C=O) groups is 3. The van der Waals surface area contributed by atoms with Crippen LogP contribution in [0.25, 0.3) is 0 Å². The number of hydrogen-bond acceptors (Lipinski definition) is 5. The lowest BCUT2D eigenvalue weighted by Crippen LogP contribution is -2.35. The first-order valence-electron chi connectivity index (χ1n) is 8.12. The van der Waals surface area contributed by atoms with Crippen LogP contribution in [0.15, 0.2) is 36.4 Å². The maximum Gasteiger partial charge on any atom is 0.335 e. The Morgan fingerprint density at radius 1 is 1.26 bits per heavy atom. The van der Waals surface area contributed by atoms with E-state index in [0.717, 1.165) is 10.5 Å². The van der Waals surface area contributed by atoms with E-state index in [1.807, 2.05) is 0 Å². The number of hydrogen-bond donors (Lipinski definition) is 2. The molecule has 1 atom stereocenters. The summed E-state index contributed by atoms with van der Waals surface area (Å²) in [7, 11) is 1.44. The fourth-order valence-electron chi connectivity index (χ4n) is 2.93. The van der Waals surface area contributed by atoms with Crippen molar-refractivity contribution in [2.24, 2.45) is 0 Å². The Bertz CT molecular complexity index is 944. The van der Waals surface area contributed by atoms with E-state index in [1.54, 1.807) is 25.1 Å². The quantitative estimate of drug-likeness (QED) is 0.764. The molecule has 1 aliphatic heterocycles. The molecule has 1 unspecified atom stereocenters. The maximum absolute atomic E-state index is 12.9. The molecule has 27 heavy (non-hydrogen) atoms. The number of amides is 2. The van der Waals surface area contributed by atoms with Gasteiger partial charge < -0.3 is 15.2 Å². The Labute approximate surface area is 160 Å². The van der Waals surface area contributed by atoms with Crippen LogP contribution in [0.1, 0.15) is 22.3 Å². The van der Waals surface area contributed by atoms with Gasteiger partial charge in [-0.1, -0.05) is 17.7 Å². The zero-order valence-corrected chi connectivity index (χ0v) is 15.4. The van der Waals surface area contributed by atoms with E-state index in [-0.39, 0.29) is 17.7 Å². The molecule has 2 amide bonds. The van der Waals surface area contributed by atoms with E-state index in [2.05, 4.69) is 5.32 Å². The van der Waals surface area contributed by atoms with Gasteiger partial charge in [0.2, 0.25) is 5.91 Å². The van der Waals surface area contributed by atoms with Crippen LogP contribution in [0.5, 0.6) is 5.75 Å². The number of rotatable bonds is 5. The van der Waals surface area contributed by atoms with Crippen LogP contribution in [-0.4, -0.2) is 36.0 Å². The standard InChI is InChI=1S/C19H17ClN2O5/c1-10-3-4-11(19(25)26)7-13(10)21-14-9-17(23)22(18(14)24)15-8-12(20)5-6-16(15)27-2/h3-8,14,21H,9H2,1-2H3,(H,25,26). The van der Waals surface area contributed by atoms with Crippen LogP contribution in [0.4, 0.5) is 11.4 Å². The van der Waals surface area contributed by atoms with Crippen molar-refractivity contribution >= 4 is 40.8 Å². The lowest BCUT2D eigenvalue weighted by Gasteiger charge is -2.19. The van der Waals surface area contributed by atoms with Gasteiger partial charge in [-0.15, -0.1) is 0 Å². The van der Waals surface area contributed by atoms with Gasteiger partial charge >= 0.3 is 5.97 Å². The van der Waals surface area contributed by atoms with Crippen molar-refractivity contribution in [1.29, 1.82) is 0 Å². The molecule has 0 aromatic heterocycles. The van der Waals surface area contributed by atoms with Crippen LogP contribution in [0.2, 0.25) is 5.02 Å². The number of carboxylic acid groups (broad SMARTS) is 1. The number of anilines is 2. The Morgan fingerprint density at radius 2 is 2.00 bits per heavy atom. The highest BCUT2D eigenvalue weighted by molar-refractivity contribution is 6.31. The normalized spacial score (nSPS) is 16.6. The molecule has 8 heteroatoms. The fourth-order valence-corrected chi connectivity index (χ4v) is 3.10. The summed E-state index contributed by atoms with van der Waals surface area (Å²) in [6.07, 6.45) is -0.0642. The van der Waals surface area contributed by atoms with E-state index in [1.165, 1.54) is 25.3 Å². The molecule has 2 N–H and O–H groups in total. The number of ether oxygens (including phenoxy) is 1. The number of halogens is 1. The van der Waals surface area contributed by atoms with Gasteiger partial charge in [-0.05, 0) is 42.8 Å². The van der Waals surface area contributed by atoms with Crippen molar-refractivity contribution in [1.82, 2.24) is 0 Å². The predicted molar refractivity (Wildman–Crippen MR) is 101 cm³/mol. The molecule has 1 fully saturated rings.